The van der Waals surface area contributed by atoms with Gasteiger partial charge in [-0.3, -0.25) is 10.6 Å². The average Bonchev–Trinajstić information content (AvgIpc) is 3.06. The Kier molecular flexibility index (Phi) is 6.09. The van der Waals surface area contributed by atoms with Crippen LogP contribution in [0.5, 0.6) is 0 Å². The predicted octanol–water partition coefficient (Wildman–Crippen LogP) is 2.76. The third-order valence-electron chi connectivity index (χ3n) is 4.17. The molecule has 1 aliphatic heterocycles. The molecule has 0 aromatic carbocycles. The average molecular weight is 430 g/mol. The maximum atomic E-state index is 14.5. The number of amides is 3. The first-order chi connectivity index (χ1) is 13.3. The Labute approximate surface area is 168 Å². The fourth-order valence-corrected chi connectivity index (χ4v) is 3.57. The lowest BCUT2D eigenvalue weighted by Gasteiger charge is -2.39. The Morgan fingerprint density at radius 3 is 2.89 bits per heavy atom. The molecule has 2 atom stereocenters. The number of thiazole rings is 1. The fourth-order valence-electron chi connectivity index (χ4n) is 2.77. The van der Waals surface area contributed by atoms with Gasteiger partial charge in [-0.05, 0) is 12.5 Å². The number of carbonyl (C=O) groups is 2. The van der Waals surface area contributed by atoms with Crippen molar-refractivity contribution < 1.29 is 19.1 Å². The zero-order valence-corrected chi connectivity index (χ0v) is 16.2. The summed E-state index contributed by atoms with van der Waals surface area (Å²) in [5, 5.41) is 13.9. The van der Waals surface area contributed by atoms with Crippen LogP contribution in [0.1, 0.15) is 6.42 Å². The van der Waals surface area contributed by atoms with Crippen molar-refractivity contribution in [2.75, 3.05) is 35.7 Å². The van der Waals surface area contributed by atoms with Gasteiger partial charge in [-0.2, -0.15) is 4.98 Å². The molecule has 2 unspecified atom stereocenters. The Bertz CT molecular complexity index is 870. The zero-order chi connectivity index (χ0) is 20.3. The van der Waals surface area contributed by atoms with E-state index in [1.165, 1.54) is 30.4 Å². The molecule has 10 nitrogen and oxygen atoms in total. The largest absolute Gasteiger partial charge is 0.465 e. The van der Waals surface area contributed by atoms with Gasteiger partial charge in [0.2, 0.25) is 5.95 Å². The van der Waals surface area contributed by atoms with Gasteiger partial charge in [-0.1, -0.05) is 22.9 Å². The van der Waals surface area contributed by atoms with E-state index in [9.17, 15) is 14.0 Å². The predicted molar refractivity (Wildman–Crippen MR) is 103 cm³/mol. The molecule has 3 N–H and O–H groups in total. The van der Waals surface area contributed by atoms with Crippen molar-refractivity contribution in [1.29, 1.82) is 0 Å². The Hall–Kier alpha value is -2.73. The molecular weight excluding hydrogens is 413 g/mol. The van der Waals surface area contributed by atoms with E-state index in [0.29, 0.717) is 16.0 Å². The number of urea groups is 1. The van der Waals surface area contributed by atoms with Crippen LogP contribution in [0.15, 0.2) is 18.5 Å². The highest BCUT2D eigenvalue weighted by Crippen LogP contribution is 2.25. The molecule has 3 rings (SSSR count). The van der Waals surface area contributed by atoms with Crippen LogP contribution in [-0.2, 0) is 0 Å². The molecule has 3 heterocycles. The smallest absolute Gasteiger partial charge is 0.410 e. The molecule has 0 aliphatic carbocycles. The van der Waals surface area contributed by atoms with Crippen LogP contribution in [-0.4, -0.2) is 69.4 Å². The van der Waals surface area contributed by atoms with Gasteiger partial charge < -0.3 is 14.9 Å². The summed E-state index contributed by atoms with van der Waals surface area (Å²) in [5.74, 6) is 0.367. The molecule has 0 spiro atoms. The maximum absolute atomic E-state index is 14.5. The molecule has 2 aromatic heterocycles. The highest BCUT2D eigenvalue weighted by Gasteiger charge is 2.35. The van der Waals surface area contributed by atoms with Crippen molar-refractivity contribution in [3.63, 3.8) is 0 Å². The van der Waals surface area contributed by atoms with E-state index in [1.807, 2.05) is 0 Å². The topological polar surface area (TPSA) is 124 Å². The highest BCUT2D eigenvalue weighted by atomic mass is 35.5. The number of hydrogen-bond acceptors (Lipinski definition) is 7. The third kappa shape index (κ3) is 4.75. The lowest BCUT2D eigenvalue weighted by Crippen LogP contribution is -2.55. The molecule has 1 fully saturated rings. The molecule has 1 aliphatic rings. The highest BCUT2D eigenvalue weighted by molar-refractivity contribution is 7.19. The van der Waals surface area contributed by atoms with E-state index in [-0.39, 0.29) is 24.7 Å². The second kappa shape index (κ2) is 8.52. The van der Waals surface area contributed by atoms with Crippen molar-refractivity contribution in [2.24, 2.45) is 0 Å². The van der Waals surface area contributed by atoms with Crippen LogP contribution in [0.4, 0.5) is 30.9 Å². The number of nitrogens with one attached hydrogen (secondary N) is 2. The summed E-state index contributed by atoms with van der Waals surface area (Å²) < 4.78 is 15.0. The molecular formula is C15H17ClFN7O3S. The van der Waals surface area contributed by atoms with Gasteiger partial charge in [0.1, 0.15) is 16.3 Å². The normalized spacial score (nSPS) is 19.2. The SMILES string of the molecule is CN(C(=O)Nc1ncc(Cl)s1)C1CN(c2nccc(NC(=O)O)n2)CCC1F. The number of aromatic nitrogens is 3. The fraction of sp³-hybridized carbons (Fsp3) is 0.400. The molecule has 1 saturated heterocycles. The zero-order valence-electron chi connectivity index (χ0n) is 14.7. The second-order valence-corrected chi connectivity index (χ2v) is 7.66. The van der Waals surface area contributed by atoms with E-state index in [4.69, 9.17) is 16.7 Å². The number of nitrogens with zero attached hydrogens (tertiary/aromatic N) is 5. The van der Waals surface area contributed by atoms with Gasteiger partial charge in [0.15, 0.2) is 5.13 Å². The van der Waals surface area contributed by atoms with E-state index in [2.05, 4.69) is 25.6 Å². The first-order valence-electron chi connectivity index (χ1n) is 8.20. The number of piperidine rings is 1. The van der Waals surface area contributed by atoms with Crippen LogP contribution >= 0.6 is 22.9 Å². The van der Waals surface area contributed by atoms with Crippen LogP contribution in [0.2, 0.25) is 4.34 Å². The van der Waals surface area contributed by atoms with Crippen LogP contribution < -0.4 is 15.5 Å². The summed E-state index contributed by atoms with van der Waals surface area (Å²) in [5.41, 5.74) is 0. The molecule has 2 aromatic rings. The number of alkyl halides is 1. The summed E-state index contributed by atoms with van der Waals surface area (Å²) in [6, 6.07) is 0.155. The number of halogens is 2. The van der Waals surface area contributed by atoms with Crippen molar-refractivity contribution in [2.45, 2.75) is 18.6 Å². The Balaban J connectivity index is 1.69. The molecule has 0 saturated carbocycles. The van der Waals surface area contributed by atoms with Crippen LogP contribution in [0, 0.1) is 0 Å². The van der Waals surface area contributed by atoms with Gasteiger partial charge in [-0.25, -0.2) is 23.9 Å². The quantitative estimate of drug-likeness (QED) is 0.682. The summed E-state index contributed by atoms with van der Waals surface area (Å²) in [6.07, 6.45) is 0.520. The molecule has 28 heavy (non-hydrogen) atoms. The molecule has 0 bridgehead atoms. The minimum atomic E-state index is -1.25. The van der Waals surface area contributed by atoms with Crippen molar-refractivity contribution in [3.8, 4) is 0 Å². The van der Waals surface area contributed by atoms with Gasteiger partial charge >= 0.3 is 12.1 Å². The minimum absolute atomic E-state index is 0.114. The maximum Gasteiger partial charge on any atom is 0.410 e. The van der Waals surface area contributed by atoms with Crippen molar-refractivity contribution in [3.05, 3.63) is 22.8 Å². The summed E-state index contributed by atoms with van der Waals surface area (Å²) in [4.78, 5) is 38.4. The number of carbonyl (C=O) groups excluding carboxylic acids is 1. The third-order valence-corrected chi connectivity index (χ3v) is 5.20. The van der Waals surface area contributed by atoms with Gasteiger partial charge in [0, 0.05) is 26.3 Å². The number of likely N-dealkylation sites (N-methyl/N-ethyl adjacent to an activating group) is 1. The van der Waals surface area contributed by atoms with E-state index in [0.717, 1.165) is 11.3 Å². The van der Waals surface area contributed by atoms with Gasteiger partial charge in [0.05, 0.1) is 12.2 Å². The van der Waals surface area contributed by atoms with E-state index < -0.39 is 24.3 Å². The lowest BCUT2D eigenvalue weighted by molar-refractivity contribution is 0.133. The van der Waals surface area contributed by atoms with Gasteiger partial charge in [0.25, 0.3) is 0 Å². The number of hydrogen-bond donors (Lipinski definition) is 3. The number of carboxylic acid groups (broad SMARTS) is 1. The standard InChI is InChI=1S/C15H17ClFN7O3S/c1-23(14(25)22-13-19-6-10(16)28-13)9-7-24(5-3-8(9)17)12-18-4-2-11(20-12)21-15(26)27/h2,4,6,8-9H,3,5,7H2,1H3,(H,26,27)(H,18,20,21)(H,19,22,25). The van der Waals surface area contributed by atoms with Gasteiger partial charge in [-0.15, -0.1) is 0 Å². The molecule has 3 amide bonds. The lowest BCUT2D eigenvalue weighted by atomic mass is 10.0. The van der Waals surface area contributed by atoms with E-state index in [1.54, 1.807) is 4.90 Å². The summed E-state index contributed by atoms with van der Waals surface area (Å²) in [7, 11) is 1.49. The van der Waals surface area contributed by atoms with Crippen molar-refractivity contribution in [1.82, 2.24) is 19.9 Å². The second-order valence-electron chi connectivity index (χ2n) is 6.00. The number of anilines is 3. The molecule has 13 heteroatoms. The van der Waals surface area contributed by atoms with Crippen LogP contribution in [0.3, 0.4) is 0 Å². The number of rotatable bonds is 4. The minimum Gasteiger partial charge on any atom is -0.465 e. The summed E-state index contributed by atoms with van der Waals surface area (Å²) >= 11 is 6.90. The Morgan fingerprint density at radius 2 is 2.21 bits per heavy atom. The van der Waals surface area contributed by atoms with E-state index >= 15 is 0 Å². The molecule has 150 valence electrons. The van der Waals surface area contributed by atoms with Crippen LogP contribution in [0.25, 0.3) is 0 Å². The monoisotopic (exact) mass is 429 g/mol. The Morgan fingerprint density at radius 1 is 1.43 bits per heavy atom. The summed E-state index contributed by atoms with van der Waals surface area (Å²) in [6.45, 7) is 0.492. The first-order valence-corrected chi connectivity index (χ1v) is 9.40. The first kappa shape index (κ1) is 20.0. The molecule has 0 radical (unpaired) electrons. The van der Waals surface area contributed by atoms with Crippen molar-refractivity contribution >= 4 is 52.0 Å².